The molecule has 0 saturated carbocycles. The van der Waals surface area contributed by atoms with Gasteiger partial charge in [0.2, 0.25) is 0 Å². The third kappa shape index (κ3) is 4.55. The van der Waals surface area contributed by atoms with Crippen LogP contribution < -0.4 is 14.8 Å². The van der Waals surface area contributed by atoms with Gasteiger partial charge in [0.05, 0.1) is 38.8 Å². The molecule has 0 spiro atoms. The monoisotopic (exact) mass is 437 g/mol. The van der Waals surface area contributed by atoms with Gasteiger partial charge in [-0.2, -0.15) is 13.2 Å². The zero-order valence-corrected chi connectivity index (χ0v) is 16.7. The van der Waals surface area contributed by atoms with Crippen molar-refractivity contribution >= 4 is 17.5 Å². The molecule has 2 aromatic heterocycles. The molecule has 0 aliphatic rings. The first kappa shape index (κ1) is 21.9. The molecule has 0 radical (unpaired) electrons. The fourth-order valence-corrected chi connectivity index (χ4v) is 2.99. The maximum atomic E-state index is 12.5. The van der Waals surface area contributed by atoms with Gasteiger partial charge in [0, 0.05) is 11.8 Å². The number of fused-ring (bicyclic) bond motifs is 1. The molecular formula is C20H18F3N3O5. The summed E-state index contributed by atoms with van der Waals surface area (Å²) < 4.78 is 54.3. The van der Waals surface area contributed by atoms with E-state index in [9.17, 15) is 22.8 Å². The second-order valence-electron chi connectivity index (χ2n) is 6.33. The van der Waals surface area contributed by atoms with Crippen molar-refractivity contribution in [1.82, 2.24) is 14.7 Å². The summed E-state index contributed by atoms with van der Waals surface area (Å²) in [6, 6.07) is 6.07. The highest BCUT2D eigenvalue weighted by Crippen LogP contribution is 2.35. The minimum absolute atomic E-state index is 0.0233. The standard InChI is InChI=1S/C20H18F3N3O5/c1-29-14-6-12(7-15(30-2)17(14)18(27)25-10-20(21,22)23)13-9-24-16-8-11(19(28)31-3)4-5-26(13)16/h4-9H,10H2,1-3H3,(H,25,27). The van der Waals surface area contributed by atoms with E-state index in [1.165, 1.54) is 39.7 Å². The number of carbonyl (C=O) groups is 2. The van der Waals surface area contributed by atoms with E-state index in [4.69, 9.17) is 14.2 Å². The number of benzene rings is 1. The molecule has 11 heteroatoms. The molecule has 3 rings (SSSR count). The van der Waals surface area contributed by atoms with Gasteiger partial charge in [-0.1, -0.05) is 0 Å². The van der Waals surface area contributed by atoms with Gasteiger partial charge in [0.1, 0.15) is 29.3 Å². The van der Waals surface area contributed by atoms with Gasteiger partial charge in [0.25, 0.3) is 5.91 Å². The van der Waals surface area contributed by atoms with Crippen molar-refractivity contribution in [3.63, 3.8) is 0 Å². The van der Waals surface area contributed by atoms with E-state index in [1.54, 1.807) is 22.7 Å². The number of methoxy groups -OCH3 is 3. The molecule has 0 bridgehead atoms. The van der Waals surface area contributed by atoms with E-state index in [-0.39, 0.29) is 17.1 Å². The number of aromatic nitrogens is 2. The minimum Gasteiger partial charge on any atom is -0.496 e. The maximum absolute atomic E-state index is 12.5. The second kappa shape index (κ2) is 8.54. The molecule has 0 aliphatic carbocycles. The van der Waals surface area contributed by atoms with Gasteiger partial charge in [-0.3, -0.25) is 9.20 Å². The Kier molecular flexibility index (Phi) is 6.04. The van der Waals surface area contributed by atoms with E-state index in [1.807, 2.05) is 5.32 Å². The zero-order chi connectivity index (χ0) is 22.8. The maximum Gasteiger partial charge on any atom is 0.405 e. The number of imidazole rings is 1. The number of amides is 1. The van der Waals surface area contributed by atoms with Crippen molar-refractivity contribution in [3.05, 3.63) is 47.8 Å². The van der Waals surface area contributed by atoms with Crippen molar-refractivity contribution in [1.29, 1.82) is 0 Å². The highest BCUT2D eigenvalue weighted by atomic mass is 19.4. The summed E-state index contributed by atoms with van der Waals surface area (Å²) in [5, 5.41) is 1.81. The Morgan fingerprint density at radius 1 is 1.10 bits per heavy atom. The molecule has 0 atom stereocenters. The number of halogens is 3. The molecule has 3 aromatic rings. The predicted octanol–water partition coefficient (Wildman–Crippen LogP) is 3.10. The summed E-state index contributed by atoms with van der Waals surface area (Å²) in [7, 11) is 3.85. The molecule has 164 valence electrons. The first-order valence-corrected chi connectivity index (χ1v) is 8.85. The average molecular weight is 437 g/mol. The van der Waals surface area contributed by atoms with Crippen LogP contribution in [0.15, 0.2) is 36.7 Å². The van der Waals surface area contributed by atoms with Crippen LogP contribution in [0.3, 0.4) is 0 Å². The number of esters is 1. The molecule has 1 aromatic carbocycles. The summed E-state index contributed by atoms with van der Waals surface area (Å²) in [6.07, 6.45) is -1.41. The highest BCUT2D eigenvalue weighted by molar-refractivity contribution is 6.00. The number of hydrogen-bond donors (Lipinski definition) is 1. The van der Waals surface area contributed by atoms with Crippen molar-refractivity contribution < 1.29 is 37.0 Å². The van der Waals surface area contributed by atoms with E-state index in [0.29, 0.717) is 22.5 Å². The SMILES string of the molecule is COC(=O)c1ccn2c(-c3cc(OC)c(C(=O)NCC(F)(F)F)c(OC)c3)cnc2c1. The van der Waals surface area contributed by atoms with Crippen LogP contribution in [0.4, 0.5) is 13.2 Å². The van der Waals surface area contributed by atoms with Crippen LogP contribution in [-0.2, 0) is 4.74 Å². The number of alkyl halides is 3. The van der Waals surface area contributed by atoms with Crippen LogP contribution >= 0.6 is 0 Å². The Balaban J connectivity index is 2.05. The molecule has 31 heavy (non-hydrogen) atoms. The van der Waals surface area contributed by atoms with Gasteiger partial charge < -0.3 is 19.5 Å². The summed E-state index contributed by atoms with van der Waals surface area (Å²) in [5.74, 6) is -1.45. The number of ether oxygens (including phenoxy) is 3. The van der Waals surface area contributed by atoms with E-state index in [0.717, 1.165) is 0 Å². The Morgan fingerprint density at radius 3 is 2.29 bits per heavy atom. The van der Waals surface area contributed by atoms with Crippen molar-refractivity contribution in [2.45, 2.75) is 6.18 Å². The smallest absolute Gasteiger partial charge is 0.405 e. The molecule has 1 amide bonds. The van der Waals surface area contributed by atoms with Crippen molar-refractivity contribution in [3.8, 4) is 22.8 Å². The third-order valence-electron chi connectivity index (χ3n) is 4.41. The summed E-state index contributed by atoms with van der Waals surface area (Å²) >= 11 is 0. The average Bonchev–Trinajstić information content (AvgIpc) is 3.18. The molecule has 0 fully saturated rings. The molecule has 8 nitrogen and oxygen atoms in total. The van der Waals surface area contributed by atoms with Crippen molar-refractivity contribution in [2.24, 2.45) is 0 Å². The van der Waals surface area contributed by atoms with Crippen LogP contribution in [0.1, 0.15) is 20.7 Å². The van der Waals surface area contributed by atoms with Gasteiger partial charge >= 0.3 is 12.1 Å². The van der Waals surface area contributed by atoms with Gasteiger partial charge in [-0.15, -0.1) is 0 Å². The Labute approximate surface area is 174 Å². The van der Waals surface area contributed by atoms with Crippen LogP contribution in [-0.4, -0.2) is 55.3 Å². The Hall–Kier alpha value is -3.76. The largest absolute Gasteiger partial charge is 0.496 e. The predicted molar refractivity (Wildman–Crippen MR) is 103 cm³/mol. The molecule has 2 heterocycles. The number of nitrogens with zero attached hydrogens (tertiary/aromatic N) is 2. The molecular weight excluding hydrogens is 419 g/mol. The summed E-state index contributed by atoms with van der Waals surface area (Å²) in [4.78, 5) is 28.3. The van der Waals surface area contributed by atoms with Crippen LogP contribution in [0, 0.1) is 0 Å². The fourth-order valence-electron chi connectivity index (χ4n) is 2.99. The van der Waals surface area contributed by atoms with Gasteiger partial charge in [0.15, 0.2) is 0 Å². The fraction of sp³-hybridized carbons (Fsp3) is 0.250. The highest BCUT2D eigenvalue weighted by Gasteiger charge is 2.30. The van der Waals surface area contributed by atoms with Crippen LogP contribution in [0.5, 0.6) is 11.5 Å². The van der Waals surface area contributed by atoms with E-state index in [2.05, 4.69) is 4.98 Å². The lowest BCUT2D eigenvalue weighted by Gasteiger charge is -2.16. The van der Waals surface area contributed by atoms with E-state index >= 15 is 0 Å². The van der Waals surface area contributed by atoms with Crippen LogP contribution in [0.25, 0.3) is 16.9 Å². The number of nitrogens with one attached hydrogen (secondary N) is 1. The first-order valence-electron chi connectivity index (χ1n) is 8.85. The normalized spacial score (nSPS) is 11.3. The molecule has 0 saturated heterocycles. The number of pyridine rings is 1. The van der Waals surface area contributed by atoms with Crippen LogP contribution in [0.2, 0.25) is 0 Å². The Morgan fingerprint density at radius 2 is 1.74 bits per heavy atom. The minimum atomic E-state index is -4.56. The lowest BCUT2D eigenvalue weighted by molar-refractivity contribution is -0.123. The number of carbonyl (C=O) groups excluding carboxylic acids is 2. The Bertz CT molecular complexity index is 1120. The number of rotatable bonds is 6. The lowest BCUT2D eigenvalue weighted by atomic mass is 10.1. The van der Waals surface area contributed by atoms with Gasteiger partial charge in [-0.05, 0) is 24.3 Å². The third-order valence-corrected chi connectivity index (χ3v) is 4.41. The van der Waals surface area contributed by atoms with E-state index < -0.39 is 24.6 Å². The van der Waals surface area contributed by atoms with Gasteiger partial charge in [-0.25, -0.2) is 9.78 Å². The quantitative estimate of drug-likeness (QED) is 0.596. The molecule has 0 unspecified atom stereocenters. The number of hydrogen-bond acceptors (Lipinski definition) is 6. The zero-order valence-electron chi connectivity index (χ0n) is 16.7. The lowest BCUT2D eigenvalue weighted by Crippen LogP contribution is -2.34. The topological polar surface area (TPSA) is 91.2 Å². The van der Waals surface area contributed by atoms with Crippen molar-refractivity contribution in [2.75, 3.05) is 27.9 Å². The molecule has 1 N–H and O–H groups in total. The first-order chi connectivity index (χ1) is 14.7. The summed E-state index contributed by atoms with van der Waals surface area (Å²) in [5.41, 5.74) is 1.71. The molecule has 0 aliphatic heterocycles. The summed E-state index contributed by atoms with van der Waals surface area (Å²) in [6.45, 7) is -1.49. The second-order valence-corrected chi connectivity index (χ2v) is 6.33.